The molecule has 2 heterocycles. The summed E-state index contributed by atoms with van der Waals surface area (Å²) in [6.07, 6.45) is 1.71. The number of nitrogens with one attached hydrogen (secondary N) is 3. The number of aromatic nitrogens is 1. The lowest BCUT2D eigenvalue weighted by Crippen LogP contribution is -2.36. The van der Waals surface area contributed by atoms with Gasteiger partial charge in [-0.05, 0) is 35.2 Å². The molecule has 140 valence electrons. The van der Waals surface area contributed by atoms with Crippen LogP contribution in [0.2, 0.25) is 0 Å². The highest BCUT2D eigenvalue weighted by molar-refractivity contribution is 6.30. The zero-order valence-electron chi connectivity index (χ0n) is 16.2. The fourth-order valence-corrected chi connectivity index (χ4v) is 3.33. The van der Waals surface area contributed by atoms with Gasteiger partial charge in [-0.25, -0.2) is 4.98 Å². The Bertz CT molecular complexity index is 1060. The Hall–Kier alpha value is -3.47. The molecular weight excluding hydrogens is 346 g/mol. The quantitative estimate of drug-likeness (QED) is 0.403. The Labute approximate surface area is 165 Å². The van der Waals surface area contributed by atoms with E-state index < -0.39 is 0 Å². The van der Waals surface area contributed by atoms with Crippen LogP contribution in [0.3, 0.4) is 0 Å². The van der Waals surface area contributed by atoms with E-state index in [1.165, 1.54) is 5.56 Å². The summed E-state index contributed by atoms with van der Waals surface area (Å²) < 4.78 is 0. The molecule has 5 nitrogen and oxygen atoms in total. The van der Waals surface area contributed by atoms with Gasteiger partial charge in [-0.3, -0.25) is 15.7 Å². The van der Waals surface area contributed by atoms with Crippen molar-refractivity contribution in [3.8, 4) is 0 Å². The van der Waals surface area contributed by atoms with Crippen molar-refractivity contribution in [1.82, 2.24) is 4.98 Å². The summed E-state index contributed by atoms with van der Waals surface area (Å²) in [5.74, 6) is 1.13. The number of pyridine rings is 1. The van der Waals surface area contributed by atoms with E-state index in [0.29, 0.717) is 11.5 Å². The third kappa shape index (κ3) is 3.05. The Balaban J connectivity index is 1.81. The Morgan fingerprint density at radius 2 is 1.68 bits per heavy atom. The van der Waals surface area contributed by atoms with E-state index in [2.05, 4.69) is 43.2 Å². The molecule has 3 aromatic rings. The third-order valence-electron chi connectivity index (χ3n) is 4.93. The van der Waals surface area contributed by atoms with Gasteiger partial charge in [0.25, 0.3) is 0 Å². The van der Waals surface area contributed by atoms with Crippen LogP contribution in [0.15, 0.2) is 66.9 Å². The van der Waals surface area contributed by atoms with Gasteiger partial charge < -0.3 is 5.32 Å². The van der Waals surface area contributed by atoms with Crippen LogP contribution in [-0.2, 0) is 5.41 Å². The summed E-state index contributed by atoms with van der Waals surface area (Å²) in [5.41, 5.74) is 4.25. The highest BCUT2D eigenvalue weighted by atomic mass is 15.2. The van der Waals surface area contributed by atoms with Crippen LogP contribution < -0.4 is 10.2 Å². The molecular formula is C23H23N5. The average Bonchev–Trinajstić information content (AvgIpc) is 2.81. The van der Waals surface area contributed by atoms with E-state index in [1.54, 1.807) is 11.1 Å². The number of hydrogen-bond donors (Lipinski definition) is 3. The molecule has 4 rings (SSSR count). The van der Waals surface area contributed by atoms with Crippen molar-refractivity contribution in [3.63, 3.8) is 0 Å². The lowest BCUT2D eigenvalue weighted by molar-refractivity contribution is 0.590. The van der Waals surface area contributed by atoms with Crippen molar-refractivity contribution >= 4 is 28.9 Å². The monoisotopic (exact) mass is 369 g/mol. The van der Waals surface area contributed by atoms with E-state index in [0.717, 1.165) is 16.8 Å². The molecule has 0 amide bonds. The number of rotatable bonds is 1. The largest absolute Gasteiger partial charge is 0.338 e. The van der Waals surface area contributed by atoms with Gasteiger partial charge in [0.1, 0.15) is 11.7 Å². The normalized spacial score (nSPS) is 13.2. The first-order valence-corrected chi connectivity index (χ1v) is 9.26. The molecule has 5 heteroatoms. The number of hydrogen-bond acceptors (Lipinski definition) is 4. The van der Waals surface area contributed by atoms with Gasteiger partial charge in [-0.2, -0.15) is 0 Å². The molecule has 2 aromatic carbocycles. The molecule has 0 bridgehead atoms. The molecule has 1 aliphatic heterocycles. The molecule has 0 radical (unpaired) electrons. The Morgan fingerprint density at radius 3 is 2.39 bits per heavy atom. The predicted octanol–water partition coefficient (Wildman–Crippen LogP) is 5.29. The van der Waals surface area contributed by atoms with Crippen molar-refractivity contribution in [2.24, 2.45) is 0 Å². The molecule has 28 heavy (non-hydrogen) atoms. The number of benzene rings is 2. The minimum absolute atomic E-state index is 0.0510. The first-order valence-electron chi connectivity index (χ1n) is 9.26. The van der Waals surface area contributed by atoms with E-state index in [-0.39, 0.29) is 17.1 Å². The molecule has 1 aromatic heterocycles. The topological polar surface area (TPSA) is 75.9 Å². The Morgan fingerprint density at radius 1 is 0.964 bits per heavy atom. The van der Waals surface area contributed by atoms with E-state index in [1.807, 2.05) is 48.5 Å². The van der Waals surface area contributed by atoms with Crippen LogP contribution in [0, 0.1) is 10.8 Å². The van der Waals surface area contributed by atoms with Crippen molar-refractivity contribution in [2.75, 3.05) is 10.2 Å². The maximum atomic E-state index is 8.88. The maximum absolute atomic E-state index is 8.88. The lowest BCUT2D eigenvalue weighted by Gasteiger charge is -2.26. The summed E-state index contributed by atoms with van der Waals surface area (Å²) in [4.78, 5) is 6.09. The number of nitrogens with zero attached hydrogens (tertiary/aromatic N) is 2. The van der Waals surface area contributed by atoms with Gasteiger partial charge in [0.2, 0.25) is 0 Å². The summed E-state index contributed by atoms with van der Waals surface area (Å²) in [7, 11) is 0. The standard InChI is InChI=1S/C23H23N5/c1-23(2,3)16-12-10-15(11-13-16)20(24)28-19-9-6-14-26-22(19)27-18-8-5-4-7-17(18)21(28)25/h4-14,24-25H,1-3H3,(H,26,27). The number of amidine groups is 2. The fourth-order valence-electron chi connectivity index (χ4n) is 3.33. The highest BCUT2D eigenvalue weighted by Gasteiger charge is 2.28. The van der Waals surface area contributed by atoms with Gasteiger partial charge in [-0.1, -0.05) is 57.2 Å². The second-order valence-corrected chi connectivity index (χ2v) is 7.90. The summed E-state index contributed by atoms with van der Waals surface area (Å²) in [5, 5.41) is 21.0. The molecule has 0 unspecified atom stereocenters. The van der Waals surface area contributed by atoms with Gasteiger partial charge in [0.15, 0.2) is 5.82 Å². The van der Waals surface area contributed by atoms with Gasteiger partial charge >= 0.3 is 0 Å². The number of para-hydroxylation sites is 1. The van der Waals surface area contributed by atoms with Crippen molar-refractivity contribution in [1.29, 1.82) is 10.8 Å². The molecule has 0 saturated heterocycles. The van der Waals surface area contributed by atoms with Crippen LogP contribution >= 0.6 is 0 Å². The zero-order valence-corrected chi connectivity index (χ0v) is 16.2. The number of anilines is 3. The van der Waals surface area contributed by atoms with Crippen LogP contribution in [0.5, 0.6) is 0 Å². The van der Waals surface area contributed by atoms with Crippen LogP contribution in [-0.4, -0.2) is 16.7 Å². The fraction of sp³-hybridized carbons (Fsp3) is 0.174. The molecule has 1 aliphatic rings. The lowest BCUT2D eigenvalue weighted by atomic mass is 9.86. The minimum atomic E-state index is 0.0510. The molecule has 3 N–H and O–H groups in total. The Kier molecular flexibility index (Phi) is 4.23. The van der Waals surface area contributed by atoms with E-state index in [9.17, 15) is 0 Å². The van der Waals surface area contributed by atoms with Gasteiger partial charge in [0.05, 0.1) is 11.4 Å². The third-order valence-corrected chi connectivity index (χ3v) is 4.93. The minimum Gasteiger partial charge on any atom is -0.338 e. The van der Waals surface area contributed by atoms with Gasteiger partial charge in [0, 0.05) is 17.3 Å². The smallest absolute Gasteiger partial charge is 0.154 e. The van der Waals surface area contributed by atoms with E-state index >= 15 is 0 Å². The van der Waals surface area contributed by atoms with Crippen LogP contribution in [0.25, 0.3) is 0 Å². The number of fused-ring (bicyclic) bond motifs is 2. The first kappa shape index (κ1) is 17.9. The summed E-state index contributed by atoms with van der Waals surface area (Å²) in [6, 6.07) is 19.4. The average molecular weight is 369 g/mol. The molecule has 0 spiro atoms. The summed E-state index contributed by atoms with van der Waals surface area (Å²) in [6.45, 7) is 6.51. The first-order chi connectivity index (χ1) is 13.4. The van der Waals surface area contributed by atoms with Crippen molar-refractivity contribution in [2.45, 2.75) is 26.2 Å². The summed E-state index contributed by atoms with van der Waals surface area (Å²) >= 11 is 0. The predicted molar refractivity (Wildman–Crippen MR) is 115 cm³/mol. The maximum Gasteiger partial charge on any atom is 0.154 e. The van der Waals surface area contributed by atoms with Crippen molar-refractivity contribution < 1.29 is 0 Å². The molecule has 0 atom stereocenters. The highest BCUT2D eigenvalue weighted by Crippen LogP contribution is 2.35. The van der Waals surface area contributed by atoms with Crippen LogP contribution in [0.1, 0.15) is 37.5 Å². The SMILES string of the molecule is CC(C)(C)c1ccc(C(=N)N2C(=N)c3ccccc3Nc3ncccc32)cc1. The zero-order chi connectivity index (χ0) is 19.9. The molecule has 0 fully saturated rings. The second-order valence-electron chi connectivity index (χ2n) is 7.90. The second kappa shape index (κ2) is 6.60. The van der Waals surface area contributed by atoms with Gasteiger partial charge in [-0.15, -0.1) is 0 Å². The van der Waals surface area contributed by atoms with Crippen LogP contribution in [0.4, 0.5) is 17.2 Å². The van der Waals surface area contributed by atoms with E-state index in [4.69, 9.17) is 10.8 Å². The molecule has 0 saturated carbocycles. The van der Waals surface area contributed by atoms with Crippen molar-refractivity contribution in [3.05, 3.63) is 83.6 Å². The molecule has 0 aliphatic carbocycles.